The Bertz CT molecular complexity index is 753. The molecule has 0 spiro atoms. The van der Waals surface area contributed by atoms with E-state index in [1.54, 1.807) is 19.1 Å². The van der Waals surface area contributed by atoms with Crippen molar-refractivity contribution >= 4 is 28.9 Å². The fourth-order valence-electron chi connectivity index (χ4n) is 1.86. The molecule has 1 aromatic carbocycles. The molecule has 4 nitrogen and oxygen atoms in total. The first-order valence-electron chi connectivity index (χ1n) is 6.52. The van der Waals surface area contributed by atoms with E-state index in [1.807, 2.05) is 23.8 Å². The van der Waals surface area contributed by atoms with Gasteiger partial charge in [0.1, 0.15) is 5.01 Å². The molecule has 110 valence electrons. The fraction of sp³-hybridized carbons (Fsp3) is 0.250. The number of benzene rings is 1. The summed E-state index contributed by atoms with van der Waals surface area (Å²) in [5.41, 5.74) is 2.16. The van der Waals surface area contributed by atoms with Crippen molar-refractivity contribution in [3.8, 4) is 23.4 Å². The van der Waals surface area contributed by atoms with Gasteiger partial charge in [0, 0.05) is 10.9 Å². The topological polar surface area (TPSA) is 77.5 Å². The van der Waals surface area contributed by atoms with Crippen LogP contribution in [-0.2, 0) is 4.79 Å². The van der Waals surface area contributed by atoms with Crippen LogP contribution < -0.4 is 0 Å². The molecule has 2 atom stereocenters. The van der Waals surface area contributed by atoms with Crippen LogP contribution in [0.1, 0.15) is 23.4 Å². The quantitative estimate of drug-likeness (QED) is 0.838. The van der Waals surface area contributed by atoms with Crippen LogP contribution in [-0.4, -0.2) is 22.3 Å². The van der Waals surface area contributed by atoms with Gasteiger partial charge in [-0.3, -0.25) is 4.79 Å². The van der Waals surface area contributed by atoms with Crippen molar-refractivity contribution in [2.45, 2.75) is 18.1 Å². The molecule has 0 aliphatic carbocycles. The normalized spacial score (nSPS) is 12.9. The monoisotopic (exact) mass is 327 g/mol. The molecule has 0 saturated heterocycles. The van der Waals surface area contributed by atoms with Gasteiger partial charge in [0.25, 0.3) is 0 Å². The lowest BCUT2D eigenvalue weighted by atomic mass is 10.0. The molecule has 0 N–H and O–H groups in total. The van der Waals surface area contributed by atoms with Gasteiger partial charge in [-0.2, -0.15) is 22.3 Å². The minimum atomic E-state index is -0.820. The van der Waals surface area contributed by atoms with Crippen LogP contribution >= 0.6 is 23.1 Å². The van der Waals surface area contributed by atoms with E-state index >= 15 is 0 Å². The third kappa shape index (κ3) is 3.36. The maximum Gasteiger partial charge on any atom is 0.169 e. The van der Waals surface area contributed by atoms with Gasteiger partial charge < -0.3 is 0 Å². The van der Waals surface area contributed by atoms with Gasteiger partial charge in [0.15, 0.2) is 11.7 Å². The summed E-state index contributed by atoms with van der Waals surface area (Å²) in [6, 6.07) is 11.2. The summed E-state index contributed by atoms with van der Waals surface area (Å²) in [5, 5.41) is 20.2. The summed E-state index contributed by atoms with van der Waals surface area (Å²) in [6.07, 6.45) is 1.85. The largest absolute Gasteiger partial charge is 0.296 e. The third-order valence-electron chi connectivity index (χ3n) is 3.25. The lowest BCUT2D eigenvalue weighted by Gasteiger charge is -2.09. The number of nitrogens with zero attached hydrogens (tertiary/aromatic N) is 3. The van der Waals surface area contributed by atoms with E-state index in [1.165, 1.54) is 23.1 Å². The van der Waals surface area contributed by atoms with Crippen molar-refractivity contribution in [1.29, 1.82) is 10.5 Å². The molecule has 2 rings (SSSR count). The molecule has 0 bridgehead atoms. The highest BCUT2D eigenvalue weighted by Gasteiger charge is 2.27. The summed E-state index contributed by atoms with van der Waals surface area (Å²) in [7, 11) is 0. The van der Waals surface area contributed by atoms with Crippen molar-refractivity contribution < 1.29 is 4.79 Å². The van der Waals surface area contributed by atoms with E-state index in [0.29, 0.717) is 16.3 Å². The van der Waals surface area contributed by atoms with E-state index in [0.717, 1.165) is 5.56 Å². The second-order valence-corrected chi connectivity index (χ2v) is 6.67. The molecule has 1 aromatic heterocycles. The number of rotatable bonds is 5. The number of thiazole rings is 1. The molecule has 0 aliphatic heterocycles. The molecule has 6 heteroatoms. The second-order valence-electron chi connectivity index (χ2n) is 4.60. The maximum atomic E-state index is 12.2. The molecule has 0 aliphatic rings. The maximum absolute atomic E-state index is 12.2. The highest BCUT2D eigenvalue weighted by atomic mass is 32.2. The van der Waals surface area contributed by atoms with Crippen LogP contribution in [0.4, 0.5) is 0 Å². The molecule has 1 heterocycles. The Morgan fingerprint density at radius 3 is 2.55 bits per heavy atom. The summed E-state index contributed by atoms with van der Waals surface area (Å²) in [4.78, 5) is 16.7. The van der Waals surface area contributed by atoms with E-state index in [4.69, 9.17) is 5.26 Å². The van der Waals surface area contributed by atoms with Crippen LogP contribution in [0.25, 0.3) is 11.3 Å². The smallest absolute Gasteiger partial charge is 0.169 e. The average molecular weight is 327 g/mol. The average Bonchev–Trinajstić information content (AvgIpc) is 3.04. The van der Waals surface area contributed by atoms with Crippen LogP contribution in [0.15, 0.2) is 29.6 Å². The zero-order valence-electron chi connectivity index (χ0n) is 12.1. The first kappa shape index (κ1) is 16.2. The number of carbonyl (C=O) groups excluding carboxylic acids is 1. The first-order chi connectivity index (χ1) is 10.6. The molecule has 2 aromatic rings. The van der Waals surface area contributed by atoms with Crippen molar-refractivity contribution in [2.75, 3.05) is 6.26 Å². The molecule has 0 fully saturated rings. The van der Waals surface area contributed by atoms with E-state index in [2.05, 4.69) is 17.1 Å². The van der Waals surface area contributed by atoms with Gasteiger partial charge >= 0.3 is 0 Å². The number of hydrogen-bond donors (Lipinski definition) is 0. The highest BCUT2D eigenvalue weighted by Crippen LogP contribution is 2.29. The number of carbonyl (C=O) groups is 1. The fourth-order valence-corrected chi connectivity index (χ4v) is 3.11. The lowest BCUT2D eigenvalue weighted by molar-refractivity contribution is -0.118. The highest BCUT2D eigenvalue weighted by molar-refractivity contribution is 7.99. The first-order valence-corrected chi connectivity index (χ1v) is 8.69. The van der Waals surface area contributed by atoms with E-state index < -0.39 is 5.92 Å². The molecule has 22 heavy (non-hydrogen) atoms. The Kier molecular flexibility index (Phi) is 5.32. The SMILES string of the molecule is CS[C@H](C)C(=O)[C@H](C#N)c1nc(-c2ccc(C#N)cc2)cs1. The van der Waals surface area contributed by atoms with Crippen molar-refractivity contribution in [3.63, 3.8) is 0 Å². The second kappa shape index (κ2) is 7.22. The third-order valence-corrected chi connectivity index (χ3v) is 5.10. The minimum absolute atomic E-state index is 0.115. The summed E-state index contributed by atoms with van der Waals surface area (Å²) < 4.78 is 0. The molecular formula is C16H13N3OS2. The van der Waals surface area contributed by atoms with Crippen molar-refractivity contribution in [2.24, 2.45) is 0 Å². The molecule has 0 unspecified atom stereocenters. The summed E-state index contributed by atoms with van der Waals surface area (Å²) in [5.74, 6) is -0.935. The predicted octanol–water partition coefficient (Wildman–Crippen LogP) is 3.61. The van der Waals surface area contributed by atoms with E-state index in [-0.39, 0.29) is 11.0 Å². The van der Waals surface area contributed by atoms with Crippen LogP contribution in [0.5, 0.6) is 0 Å². The molecule has 0 amide bonds. The van der Waals surface area contributed by atoms with Crippen molar-refractivity contribution in [1.82, 2.24) is 4.98 Å². The lowest BCUT2D eigenvalue weighted by Crippen LogP contribution is -2.20. The zero-order chi connectivity index (χ0) is 16.1. The molecular weight excluding hydrogens is 314 g/mol. The van der Waals surface area contributed by atoms with Gasteiger partial charge in [-0.05, 0) is 25.3 Å². The zero-order valence-corrected chi connectivity index (χ0v) is 13.7. The number of ketones is 1. The number of hydrogen-bond acceptors (Lipinski definition) is 6. The predicted molar refractivity (Wildman–Crippen MR) is 88.6 cm³/mol. The Balaban J connectivity index is 2.28. The Hall–Kier alpha value is -2.15. The standard InChI is InChI=1S/C16H13N3OS2/c1-10(21-2)15(20)13(8-18)16-19-14(9-22-16)12-5-3-11(7-17)4-6-12/h3-6,9-10,13H,1-2H3/t10-,13+/m1/s1. The Morgan fingerprint density at radius 2 is 2.00 bits per heavy atom. The Labute approximate surface area is 137 Å². The number of Topliss-reactive ketones (excluding diaryl/α,β-unsaturated/α-hetero) is 1. The van der Waals surface area contributed by atoms with Gasteiger partial charge in [-0.15, -0.1) is 11.3 Å². The van der Waals surface area contributed by atoms with Crippen LogP contribution in [0.2, 0.25) is 0 Å². The number of nitriles is 2. The van der Waals surface area contributed by atoms with Crippen LogP contribution in [0, 0.1) is 22.7 Å². The molecule has 0 saturated carbocycles. The Morgan fingerprint density at radius 1 is 1.32 bits per heavy atom. The van der Waals surface area contributed by atoms with Gasteiger partial charge in [0.2, 0.25) is 0 Å². The van der Waals surface area contributed by atoms with Gasteiger partial charge in [0.05, 0.1) is 28.6 Å². The molecule has 0 radical (unpaired) electrons. The van der Waals surface area contributed by atoms with Gasteiger partial charge in [-0.25, -0.2) is 4.98 Å². The summed E-state index contributed by atoms with van der Waals surface area (Å²) >= 11 is 2.74. The van der Waals surface area contributed by atoms with Gasteiger partial charge in [-0.1, -0.05) is 12.1 Å². The summed E-state index contributed by atoms with van der Waals surface area (Å²) in [6.45, 7) is 1.80. The van der Waals surface area contributed by atoms with E-state index in [9.17, 15) is 10.1 Å². The van der Waals surface area contributed by atoms with Crippen LogP contribution in [0.3, 0.4) is 0 Å². The number of aromatic nitrogens is 1. The minimum Gasteiger partial charge on any atom is -0.296 e. The van der Waals surface area contributed by atoms with Crippen molar-refractivity contribution in [3.05, 3.63) is 40.2 Å². The number of thioether (sulfide) groups is 1.